The minimum absolute atomic E-state index is 0.251. The summed E-state index contributed by atoms with van der Waals surface area (Å²) in [5, 5.41) is 0. The van der Waals surface area contributed by atoms with Crippen LogP contribution in [0.25, 0.3) is 0 Å². The Kier molecular flexibility index (Phi) is 38.3. The van der Waals surface area contributed by atoms with Crippen LogP contribution < -0.4 is 0 Å². The largest absolute Gasteiger partial charge is 0.466 e. The van der Waals surface area contributed by atoms with Gasteiger partial charge in [0.15, 0.2) is 8.32 Å². The number of carbonyl (C=O) groups is 1. The fraction of sp³-hybridized carbons (Fsp3) is 0.969. The predicted molar refractivity (Wildman–Crippen MR) is 180 cm³/mol. The van der Waals surface area contributed by atoms with Gasteiger partial charge in [0.05, 0.1) is 178 Å². The maximum Gasteiger partial charge on any atom is 0.308 e. The summed E-state index contributed by atoms with van der Waals surface area (Å²) in [6, 6.07) is 0. The SMILES string of the molecule is CCOC(=O)CCOCCOCCOCCOCCOCCOCCOCCOCCOCCOCCOCCOCCO[Si](C)(C)C. The van der Waals surface area contributed by atoms with Crippen LogP contribution in [0, 0.1) is 0 Å². The molecule has 0 saturated heterocycles. The minimum Gasteiger partial charge on any atom is -0.466 e. The number of carbonyl (C=O) groups excluding carboxylic acids is 1. The third-order valence-corrected chi connectivity index (χ3v) is 6.68. The molecule has 0 fully saturated rings. The smallest absolute Gasteiger partial charge is 0.308 e. The van der Waals surface area contributed by atoms with Crippen molar-refractivity contribution in [1.82, 2.24) is 0 Å². The van der Waals surface area contributed by atoms with E-state index in [1.807, 2.05) is 0 Å². The molecule has 0 spiro atoms. The molecule has 0 aliphatic heterocycles. The molecule has 0 aliphatic rings. The fourth-order valence-corrected chi connectivity index (χ4v) is 4.01. The molecule has 0 aromatic heterocycles. The van der Waals surface area contributed by atoms with Gasteiger partial charge in [-0.05, 0) is 26.6 Å². The van der Waals surface area contributed by atoms with E-state index in [1.54, 1.807) is 6.92 Å². The topological polar surface area (TPSA) is 146 Å². The molecule has 288 valence electrons. The zero-order chi connectivity index (χ0) is 35.1. The molecule has 0 rings (SSSR count). The van der Waals surface area contributed by atoms with Crippen LogP contribution in [0.1, 0.15) is 13.3 Å². The number of esters is 1. The summed E-state index contributed by atoms with van der Waals surface area (Å²) in [7, 11) is -1.46. The van der Waals surface area contributed by atoms with E-state index < -0.39 is 8.32 Å². The van der Waals surface area contributed by atoms with E-state index >= 15 is 0 Å². The van der Waals surface area contributed by atoms with Gasteiger partial charge in [0.25, 0.3) is 0 Å². The number of ether oxygens (including phenoxy) is 13. The first-order chi connectivity index (χ1) is 23.5. The van der Waals surface area contributed by atoms with Gasteiger partial charge < -0.3 is 66.0 Å². The van der Waals surface area contributed by atoms with Gasteiger partial charge in [0.1, 0.15) is 0 Å². The molecular weight excluding hydrogens is 652 g/mol. The molecule has 0 radical (unpaired) electrons. The molecule has 0 amide bonds. The highest BCUT2D eigenvalue weighted by atomic mass is 28.4. The number of hydrogen-bond acceptors (Lipinski definition) is 15. The van der Waals surface area contributed by atoms with Crippen molar-refractivity contribution < 1.29 is 70.8 Å². The average molecular weight is 719 g/mol. The Morgan fingerprint density at radius 3 is 0.771 bits per heavy atom. The van der Waals surface area contributed by atoms with Crippen molar-refractivity contribution >= 4 is 14.3 Å². The first kappa shape index (κ1) is 47.2. The summed E-state index contributed by atoms with van der Waals surface area (Å²) in [4.78, 5) is 11.2. The minimum atomic E-state index is -1.46. The van der Waals surface area contributed by atoms with Gasteiger partial charge in [0, 0.05) is 0 Å². The van der Waals surface area contributed by atoms with E-state index in [0.29, 0.717) is 172 Å². The molecule has 48 heavy (non-hydrogen) atoms. The normalized spacial score (nSPS) is 11.8. The first-order valence-corrected chi connectivity index (χ1v) is 20.6. The van der Waals surface area contributed by atoms with Crippen LogP contribution in [0.2, 0.25) is 19.6 Å². The second kappa shape index (κ2) is 39.0. The van der Waals surface area contributed by atoms with Crippen molar-refractivity contribution in [3.05, 3.63) is 0 Å². The number of rotatable bonds is 41. The second-order valence-electron chi connectivity index (χ2n) is 10.9. The van der Waals surface area contributed by atoms with Crippen molar-refractivity contribution in [2.75, 3.05) is 172 Å². The van der Waals surface area contributed by atoms with Gasteiger partial charge in [-0.2, -0.15) is 0 Å². The van der Waals surface area contributed by atoms with Crippen molar-refractivity contribution in [2.24, 2.45) is 0 Å². The maximum atomic E-state index is 11.2. The standard InChI is InChI=1S/C32H66O15Si/c1-5-46-32(33)6-7-34-8-9-35-10-11-36-12-13-37-14-15-38-16-17-39-18-19-40-20-21-41-22-23-42-24-25-43-26-27-44-28-29-45-30-31-47-48(2,3)4/h5-31H2,1-4H3. The lowest BCUT2D eigenvalue weighted by Crippen LogP contribution is -2.27. The average Bonchev–Trinajstić information content (AvgIpc) is 3.05. The van der Waals surface area contributed by atoms with Crippen molar-refractivity contribution in [3.63, 3.8) is 0 Å². The van der Waals surface area contributed by atoms with E-state index in [0.717, 1.165) is 0 Å². The van der Waals surface area contributed by atoms with Crippen LogP contribution in [-0.4, -0.2) is 186 Å². The van der Waals surface area contributed by atoms with Crippen LogP contribution in [-0.2, 0) is 70.8 Å². The quantitative estimate of drug-likeness (QED) is 0.0516. The fourth-order valence-electron chi connectivity index (χ4n) is 3.32. The van der Waals surface area contributed by atoms with Crippen molar-refractivity contribution in [1.29, 1.82) is 0 Å². The van der Waals surface area contributed by atoms with Crippen molar-refractivity contribution in [3.8, 4) is 0 Å². The molecule has 0 heterocycles. The molecule has 15 nitrogen and oxygen atoms in total. The van der Waals surface area contributed by atoms with Crippen LogP contribution in [0.5, 0.6) is 0 Å². The highest BCUT2D eigenvalue weighted by Gasteiger charge is 2.13. The molecule has 0 aromatic carbocycles. The summed E-state index contributed by atoms with van der Waals surface area (Å²) in [6.07, 6.45) is 0.256. The Hall–Kier alpha value is -0.833. The maximum absolute atomic E-state index is 11.2. The number of hydrogen-bond donors (Lipinski definition) is 0. The summed E-state index contributed by atoms with van der Waals surface area (Å²) < 4.78 is 75.9. The molecule has 0 N–H and O–H groups in total. The van der Waals surface area contributed by atoms with Gasteiger partial charge >= 0.3 is 5.97 Å². The predicted octanol–water partition coefficient (Wildman–Crippen LogP) is 1.99. The van der Waals surface area contributed by atoms with Crippen LogP contribution in [0.3, 0.4) is 0 Å². The molecule has 0 bridgehead atoms. The highest BCUT2D eigenvalue weighted by Crippen LogP contribution is 2.01. The first-order valence-electron chi connectivity index (χ1n) is 17.2. The molecule has 0 saturated carbocycles. The highest BCUT2D eigenvalue weighted by molar-refractivity contribution is 6.69. The van der Waals surface area contributed by atoms with Crippen molar-refractivity contribution in [2.45, 2.75) is 33.0 Å². The summed E-state index contributed by atoms with van der Waals surface area (Å²) in [6.45, 7) is 21.2. The Balaban J connectivity index is 3.07. The third-order valence-electron chi connectivity index (χ3n) is 5.61. The Morgan fingerprint density at radius 2 is 0.562 bits per heavy atom. The van der Waals surface area contributed by atoms with Crippen LogP contribution >= 0.6 is 0 Å². The van der Waals surface area contributed by atoms with Gasteiger partial charge in [-0.25, -0.2) is 0 Å². The van der Waals surface area contributed by atoms with Crippen LogP contribution in [0.4, 0.5) is 0 Å². The zero-order valence-corrected chi connectivity index (χ0v) is 31.2. The Bertz CT molecular complexity index is 643. The monoisotopic (exact) mass is 718 g/mol. The van der Waals surface area contributed by atoms with Gasteiger partial charge in [-0.1, -0.05) is 0 Å². The van der Waals surface area contributed by atoms with Crippen LogP contribution in [0.15, 0.2) is 0 Å². The molecule has 0 atom stereocenters. The lowest BCUT2D eigenvalue weighted by Gasteiger charge is -2.16. The third kappa shape index (κ3) is 43.2. The zero-order valence-electron chi connectivity index (χ0n) is 30.2. The van der Waals surface area contributed by atoms with Gasteiger partial charge in [0.2, 0.25) is 0 Å². The van der Waals surface area contributed by atoms with E-state index in [-0.39, 0.29) is 12.4 Å². The van der Waals surface area contributed by atoms with Gasteiger partial charge in [-0.15, -0.1) is 0 Å². The molecule has 0 aliphatic carbocycles. The van der Waals surface area contributed by atoms with E-state index in [1.165, 1.54) is 0 Å². The lowest BCUT2D eigenvalue weighted by molar-refractivity contribution is -0.144. The van der Waals surface area contributed by atoms with E-state index in [2.05, 4.69) is 19.6 Å². The summed E-state index contributed by atoms with van der Waals surface area (Å²) in [5.74, 6) is -0.251. The molecule has 16 heteroatoms. The Labute approximate surface area is 289 Å². The van der Waals surface area contributed by atoms with E-state index in [9.17, 15) is 4.79 Å². The Morgan fingerprint density at radius 1 is 0.354 bits per heavy atom. The molecule has 0 unspecified atom stereocenters. The lowest BCUT2D eigenvalue weighted by atomic mass is 10.5. The molecular formula is C32H66O15Si. The summed E-state index contributed by atoms with van der Waals surface area (Å²) in [5.41, 5.74) is 0. The second-order valence-corrected chi connectivity index (χ2v) is 15.4. The summed E-state index contributed by atoms with van der Waals surface area (Å²) >= 11 is 0. The van der Waals surface area contributed by atoms with Gasteiger partial charge in [-0.3, -0.25) is 4.79 Å². The van der Waals surface area contributed by atoms with E-state index in [4.69, 9.17) is 66.0 Å². The molecule has 0 aromatic rings.